The Balaban J connectivity index is 1.97. The van der Waals surface area contributed by atoms with Crippen molar-refractivity contribution in [3.05, 3.63) is 28.2 Å². The Labute approximate surface area is 117 Å². The molecule has 0 radical (unpaired) electrons. The first-order chi connectivity index (χ1) is 8.74. The topological polar surface area (TPSA) is 44.5 Å². The molecule has 100 valence electrons. The molecule has 0 spiro atoms. The van der Waals surface area contributed by atoms with Gasteiger partial charge in [-0.25, -0.2) is 0 Å². The summed E-state index contributed by atoms with van der Waals surface area (Å²) < 4.78 is 12.3. The van der Waals surface area contributed by atoms with Crippen LogP contribution < -0.4 is 10.5 Å². The van der Waals surface area contributed by atoms with Crippen molar-refractivity contribution >= 4 is 15.9 Å². The second-order valence-electron chi connectivity index (χ2n) is 4.73. The monoisotopic (exact) mass is 313 g/mol. The summed E-state index contributed by atoms with van der Waals surface area (Å²) in [5.41, 5.74) is 6.88. The fourth-order valence-corrected chi connectivity index (χ4v) is 2.84. The molecule has 2 atom stereocenters. The molecular weight excluding hydrogens is 294 g/mol. The second kappa shape index (κ2) is 6.55. The van der Waals surface area contributed by atoms with Crippen LogP contribution >= 0.6 is 15.9 Å². The molecule has 1 aromatic carbocycles. The number of benzene rings is 1. The molecule has 2 rings (SSSR count). The van der Waals surface area contributed by atoms with E-state index < -0.39 is 0 Å². The molecule has 3 nitrogen and oxygen atoms in total. The molecule has 0 aromatic heterocycles. The summed E-state index contributed by atoms with van der Waals surface area (Å²) >= 11 is 3.54. The summed E-state index contributed by atoms with van der Waals surface area (Å²) in [6.45, 7) is 1.34. The predicted molar refractivity (Wildman–Crippen MR) is 75.7 cm³/mol. The maximum absolute atomic E-state index is 6.01. The van der Waals surface area contributed by atoms with Gasteiger partial charge in [-0.05, 0) is 49.1 Å². The minimum Gasteiger partial charge on any atom is -0.497 e. The van der Waals surface area contributed by atoms with Gasteiger partial charge in [0.15, 0.2) is 0 Å². The highest BCUT2D eigenvalue weighted by Crippen LogP contribution is 2.30. The molecule has 1 aliphatic carbocycles. The van der Waals surface area contributed by atoms with Crippen molar-refractivity contribution in [2.75, 3.05) is 13.7 Å². The Hall–Kier alpha value is -0.580. The maximum atomic E-state index is 6.01. The molecule has 4 heteroatoms. The van der Waals surface area contributed by atoms with E-state index >= 15 is 0 Å². The molecule has 0 amide bonds. The van der Waals surface area contributed by atoms with Gasteiger partial charge in [-0.2, -0.15) is 0 Å². The molecule has 1 aliphatic rings. The van der Waals surface area contributed by atoms with Crippen LogP contribution in [0.1, 0.15) is 24.8 Å². The lowest BCUT2D eigenvalue weighted by molar-refractivity contribution is 0.0179. The van der Waals surface area contributed by atoms with Crippen LogP contribution in [0.5, 0.6) is 5.75 Å². The summed E-state index contributed by atoms with van der Waals surface area (Å²) in [7, 11) is 1.68. The van der Waals surface area contributed by atoms with Crippen LogP contribution in [0.4, 0.5) is 0 Å². The first-order valence-corrected chi connectivity index (χ1v) is 7.18. The van der Waals surface area contributed by atoms with Gasteiger partial charge in [0.1, 0.15) is 5.75 Å². The van der Waals surface area contributed by atoms with Crippen LogP contribution in [-0.4, -0.2) is 19.8 Å². The third kappa shape index (κ3) is 3.25. The Morgan fingerprint density at radius 3 is 2.94 bits per heavy atom. The van der Waals surface area contributed by atoms with Crippen molar-refractivity contribution in [1.29, 1.82) is 0 Å². The minimum absolute atomic E-state index is 0.313. The van der Waals surface area contributed by atoms with E-state index in [1.54, 1.807) is 7.11 Å². The number of halogens is 1. The van der Waals surface area contributed by atoms with Gasteiger partial charge in [-0.15, -0.1) is 0 Å². The fourth-order valence-electron chi connectivity index (χ4n) is 2.48. The molecule has 1 aromatic rings. The van der Waals surface area contributed by atoms with Crippen LogP contribution in [0.25, 0.3) is 0 Å². The Kier molecular flexibility index (Phi) is 5.03. The van der Waals surface area contributed by atoms with E-state index in [2.05, 4.69) is 15.9 Å². The van der Waals surface area contributed by atoms with Crippen molar-refractivity contribution in [2.24, 2.45) is 11.7 Å². The average Bonchev–Trinajstić information content (AvgIpc) is 2.85. The molecule has 0 heterocycles. The fraction of sp³-hybridized carbons (Fsp3) is 0.571. The van der Waals surface area contributed by atoms with E-state index in [4.69, 9.17) is 15.2 Å². The zero-order chi connectivity index (χ0) is 13.0. The third-order valence-electron chi connectivity index (χ3n) is 3.60. The molecule has 2 unspecified atom stereocenters. The number of nitrogens with two attached hydrogens (primary N) is 1. The van der Waals surface area contributed by atoms with Gasteiger partial charge in [0.25, 0.3) is 0 Å². The Morgan fingerprint density at radius 1 is 1.39 bits per heavy atom. The summed E-state index contributed by atoms with van der Waals surface area (Å²) in [6.07, 6.45) is 3.86. The van der Waals surface area contributed by atoms with E-state index in [0.717, 1.165) is 28.8 Å². The van der Waals surface area contributed by atoms with Crippen molar-refractivity contribution in [3.63, 3.8) is 0 Å². The molecule has 0 aliphatic heterocycles. The summed E-state index contributed by atoms with van der Waals surface area (Å²) in [6, 6.07) is 5.94. The molecule has 1 saturated carbocycles. The summed E-state index contributed by atoms with van der Waals surface area (Å²) in [5.74, 6) is 1.38. The zero-order valence-electron chi connectivity index (χ0n) is 10.7. The average molecular weight is 314 g/mol. The van der Waals surface area contributed by atoms with Crippen molar-refractivity contribution in [1.82, 2.24) is 0 Å². The third-order valence-corrected chi connectivity index (χ3v) is 4.37. The summed E-state index contributed by atoms with van der Waals surface area (Å²) in [5, 5.41) is 0. The molecular formula is C14H20BrNO2. The predicted octanol–water partition coefficient (Wildman–Crippen LogP) is 3.10. The maximum Gasteiger partial charge on any atom is 0.119 e. The normalized spacial score (nSPS) is 23.3. The van der Waals surface area contributed by atoms with Gasteiger partial charge in [0, 0.05) is 4.47 Å². The van der Waals surface area contributed by atoms with E-state index in [9.17, 15) is 0 Å². The number of hydrogen-bond donors (Lipinski definition) is 1. The van der Waals surface area contributed by atoms with Crippen LogP contribution in [-0.2, 0) is 11.3 Å². The van der Waals surface area contributed by atoms with Crippen LogP contribution in [0.3, 0.4) is 0 Å². The molecule has 1 fully saturated rings. The van der Waals surface area contributed by atoms with Gasteiger partial charge in [0.05, 0.1) is 19.8 Å². The number of hydrogen-bond acceptors (Lipinski definition) is 3. The van der Waals surface area contributed by atoms with Crippen molar-refractivity contribution < 1.29 is 9.47 Å². The Morgan fingerprint density at radius 2 is 2.22 bits per heavy atom. The molecule has 0 saturated heterocycles. The molecule has 18 heavy (non-hydrogen) atoms. The van der Waals surface area contributed by atoms with Crippen molar-refractivity contribution in [3.8, 4) is 5.75 Å². The Bertz CT molecular complexity index is 397. The lowest BCUT2D eigenvalue weighted by Gasteiger charge is -2.19. The zero-order valence-corrected chi connectivity index (χ0v) is 12.3. The highest BCUT2D eigenvalue weighted by atomic mass is 79.9. The van der Waals surface area contributed by atoms with Crippen LogP contribution in [0.15, 0.2) is 22.7 Å². The minimum atomic E-state index is 0.313. The SMILES string of the molecule is COc1ccc(Br)c(COC2CCCC2CN)c1. The van der Waals surface area contributed by atoms with Crippen molar-refractivity contribution in [2.45, 2.75) is 32.0 Å². The molecule has 0 bridgehead atoms. The highest BCUT2D eigenvalue weighted by Gasteiger charge is 2.26. The highest BCUT2D eigenvalue weighted by molar-refractivity contribution is 9.10. The lowest BCUT2D eigenvalue weighted by Crippen LogP contribution is -2.25. The lowest BCUT2D eigenvalue weighted by atomic mass is 10.1. The van der Waals surface area contributed by atoms with Gasteiger partial charge in [-0.1, -0.05) is 22.4 Å². The van der Waals surface area contributed by atoms with Gasteiger partial charge in [-0.3, -0.25) is 0 Å². The van der Waals surface area contributed by atoms with Gasteiger partial charge < -0.3 is 15.2 Å². The second-order valence-corrected chi connectivity index (χ2v) is 5.59. The standard InChI is InChI=1S/C14H20BrNO2/c1-17-12-5-6-13(15)11(7-12)9-18-14-4-2-3-10(14)8-16/h5-7,10,14H,2-4,8-9,16H2,1H3. The summed E-state index contributed by atoms with van der Waals surface area (Å²) in [4.78, 5) is 0. The van der Waals surface area contributed by atoms with E-state index in [1.165, 1.54) is 12.8 Å². The number of rotatable bonds is 5. The van der Waals surface area contributed by atoms with E-state index in [1.807, 2.05) is 18.2 Å². The smallest absolute Gasteiger partial charge is 0.119 e. The van der Waals surface area contributed by atoms with Gasteiger partial charge in [0.2, 0.25) is 0 Å². The first kappa shape index (κ1) is 13.8. The number of ether oxygens (including phenoxy) is 2. The van der Waals surface area contributed by atoms with Gasteiger partial charge >= 0.3 is 0 Å². The first-order valence-electron chi connectivity index (χ1n) is 6.38. The number of methoxy groups -OCH3 is 1. The molecule has 2 N–H and O–H groups in total. The van der Waals surface area contributed by atoms with Crippen LogP contribution in [0.2, 0.25) is 0 Å². The van der Waals surface area contributed by atoms with E-state index in [-0.39, 0.29) is 0 Å². The van der Waals surface area contributed by atoms with E-state index in [0.29, 0.717) is 18.6 Å². The quantitative estimate of drug-likeness (QED) is 0.908. The van der Waals surface area contributed by atoms with Crippen LogP contribution in [0, 0.1) is 5.92 Å². The largest absolute Gasteiger partial charge is 0.497 e.